The highest BCUT2D eigenvalue weighted by molar-refractivity contribution is 6.34. The molecule has 0 spiro atoms. The number of nitrogens with zero attached hydrogens (tertiary/aromatic N) is 1. The molecule has 1 saturated carbocycles. The predicted octanol–water partition coefficient (Wildman–Crippen LogP) is 3.07. The molecule has 158 valence electrons. The first-order valence-electron chi connectivity index (χ1n) is 10.3. The number of hydrogen-bond donors (Lipinski definition) is 2. The highest BCUT2D eigenvalue weighted by Crippen LogP contribution is 2.47. The van der Waals surface area contributed by atoms with Gasteiger partial charge in [0.1, 0.15) is 0 Å². The van der Waals surface area contributed by atoms with Gasteiger partial charge in [-0.2, -0.15) is 0 Å². The Labute approximate surface area is 181 Å². The number of carbonyl (C=O) groups excluding carboxylic acids is 2. The molecule has 7 heteroatoms. The molecule has 0 unspecified atom stereocenters. The second-order valence-corrected chi connectivity index (χ2v) is 8.28. The zero-order chi connectivity index (χ0) is 21.0. The van der Waals surface area contributed by atoms with E-state index in [0.717, 1.165) is 12.8 Å². The van der Waals surface area contributed by atoms with Crippen LogP contribution in [0.3, 0.4) is 0 Å². The first-order chi connectivity index (χ1) is 14.6. The fraction of sp³-hybridized carbons (Fsp3) is 0.391. The molecular formula is C23H26ClN3O3. The van der Waals surface area contributed by atoms with Gasteiger partial charge in [-0.15, -0.1) is 0 Å². The minimum Gasteiger partial charge on any atom is -0.378 e. The molecule has 6 nitrogen and oxygen atoms in total. The normalized spacial score (nSPS) is 17.3. The van der Waals surface area contributed by atoms with Gasteiger partial charge < -0.3 is 20.3 Å². The van der Waals surface area contributed by atoms with Crippen LogP contribution < -0.4 is 10.6 Å². The summed E-state index contributed by atoms with van der Waals surface area (Å²) in [6.45, 7) is 3.02. The summed E-state index contributed by atoms with van der Waals surface area (Å²) in [5.41, 5.74) is 2.54. The predicted molar refractivity (Wildman–Crippen MR) is 117 cm³/mol. The van der Waals surface area contributed by atoms with Gasteiger partial charge in [0.25, 0.3) is 5.91 Å². The number of rotatable bonds is 7. The van der Waals surface area contributed by atoms with Crippen LogP contribution in [0.5, 0.6) is 0 Å². The van der Waals surface area contributed by atoms with Crippen molar-refractivity contribution < 1.29 is 14.3 Å². The van der Waals surface area contributed by atoms with Crippen LogP contribution in [-0.2, 0) is 14.9 Å². The number of ether oxygens (including phenoxy) is 1. The monoisotopic (exact) mass is 427 g/mol. The summed E-state index contributed by atoms with van der Waals surface area (Å²) >= 11 is 6.34. The van der Waals surface area contributed by atoms with Crippen molar-refractivity contribution in [2.24, 2.45) is 0 Å². The Morgan fingerprint density at radius 2 is 1.80 bits per heavy atom. The summed E-state index contributed by atoms with van der Waals surface area (Å²) in [5.74, 6) is -0.162. The lowest BCUT2D eigenvalue weighted by Gasteiger charge is -2.27. The van der Waals surface area contributed by atoms with E-state index in [1.165, 1.54) is 5.56 Å². The van der Waals surface area contributed by atoms with E-state index in [1.54, 1.807) is 23.1 Å². The number of halogens is 1. The lowest BCUT2D eigenvalue weighted by molar-refractivity contribution is -0.119. The highest BCUT2D eigenvalue weighted by atomic mass is 35.5. The lowest BCUT2D eigenvalue weighted by atomic mass is 9.96. The molecule has 30 heavy (non-hydrogen) atoms. The Morgan fingerprint density at radius 3 is 2.47 bits per heavy atom. The van der Waals surface area contributed by atoms with Crippen molar-refractivity contribution in [3.63, 3.8) is 0 Å². The molecule has 2 amide bonds. The van der Waals surface area contributed by atoms with Gasteiger partial charge in [-0.1, -0.05) is 41.9 Å². The van der Waals surface area contributed by atoms with Gasteiger partial charge in [-0.05, 0) is 36.6 Å². The van der Waals surface area contributed by atoms with E-state index in [2.05, 4.69) is 22.8 Å². The Morgan fingerprint density at radius 1 is 1.07 bits per heavy atom. The quantitative estimate of drug-likeness (QED) is 0.712. The Hall–Kier alpha value is -2.57. The smallest absolute Gasteiger partial charge is 0.255 e. The Balaban J connectivity index is 1.28. The summed E-state index contributed by atoms with van der Waals surface area (Å²) in [5, 5.41) is 6.49. The maximum absolute atomic E-state index is 12.6. The van der Waals surface area contributed by atoms with Crippen LogP contribution in [-0.4, -0.2) is 56.1 Å². The number of nitrogens with one attached hydrogen (secondary N) is 2. The molecule has 2 aliphatic rings. The van der Waals surface area contributed by atoms with Crippen molar-refractivity contribution in [1.82, 2.24) is 10.2 Å². The van der Waals surface area contributed by atoms with Crippen molar-refractivity contribution in [3.05, 3.63) is 64.7 Å². The lowest BCUT2D eigenvalue weighted by Crippen LogP contribution is -2.40. The molecular weight excluding hydrogens is 402 g/mol. The molecule has 0 atom stereocenters. The molecule has 0 bridgehead atoms. The van der Waals surface area contributed by atoms with E-state index in [4.69, 9.17) is 16.3 Å². The standard InChI is InChI=1S/C23H26ClN3O3/c24-20-14-18(6-7-19(20)22(29)27-10-12-30-13-11-27)25-15-21(28)26-16-23(8-9-23)17-4-2-1-3-5-17/h1-7,14,25H,8-13,15-16H2,(H,26,28). The minimum atomic E-state index is -0.0942. The van der Waals surface area contributed by atoms with Crippen LogP contribution in [0, 0.1) is 0 Å². The third kappa shape index (κ3) is 4.77. The van der Waals surface area contributed by atoms with E-state index in [0.29, 0.717) is 49.1 Å². The molecule has 0 aromatic heterocycles. The molecule has 1 saturated heterocycles. The molecule has 1 aliphatic heterocycles. The number of morpholine rings is 1. The van der Waals surface area contributed by atoms with Gasteiger partial charge >= 0.3 is 0 Å². The van der Waals surface area contributed by atoms with Crippen LogP contribution in [0.25, 0.3) is 0 Å². The maximum atomic E-state index is 12.6. The van der Waals surface area contributed by atoms with E-state index in [1.807, 2.05) is 18.2 Å². The van der Waals surface area contributed by atoms with Crippen LogP contribution in [0.15, 0.2) is 48.5 Å². The van der Waals surface area contributed by atoms with E-state index in [-0.39, 0.29) is 23.8 Å². The van der Waals surface area contributed by atoms with Crippen molar-refractivity contribution in [2.75, 3.05) is 44.7 Å². The van der Waals surface area contributed by atoms with Gasteiger partial charge in [-0.25, -0.2) is 0 Å². The van der Waals surface area contributed by atoms with Crippen LogP contribution in [0.4, 0.5) is 5.69 Å². The van der Waals surface area contributed by atoms with Gasteiger partial charge in [0.05, 0.1) is 30.3 Å². The van der Waals surface area contributed by atoms with E-state index in [9.17, 15) is 9.59 Å². The third-order valence-corrected chi connectivity index (χ3v) is 6.13. The molecule has 1 aliphatic carbocycles. The summed E-state index contributed by atoms with van der Waals surface area (Å²) in [4.78, 5) is 26.7. The van der Waals surface area contributed by atoms with Crippen molar-refractivity contribution in [3.8, 4) is 0 Å². The van der Waals surface area contributed by atoms with Crippen molar-refractivity contribution in [2.45, 2.75) is 18.3 Å². The fourth-order valence-electron chi connectivity index (χ4n) is 3.76. The maximum Gasteiger partial charge on any atom is 0.255 e. The average molecular weight is 428 g/mol. The summed E-state index contributed by atoms with van der Waals surface area (Å²) in [7, 11) is 0. The van der Waals surface area contributed by atoms with E-state index >= 15 is 0 Å². The highest BCUT2D eigenvalue weighted by Gasteiger charge is 2.44. The van der Waals surface area contributed by atoms with Crippen LogP contribution >= 0.6 is 11.6 Å². The number of benzene rings is 2. The molecule has 4 rings (SSSR count). The largest absolute Gasteiger partial charge is 0.378 e. The van der Waals surface area contributed by atoms with Crippen LogP contribution in [0.2, 0.25) is 5.02 Å². The van der Waals surface area contributed by atoms with Crippen LogP contribution in [0.1, 0.15) is 28.8 Å². The zero-order valence-corrected chi connectivity index (χ0v) is 17.6. The molecule has 2 fully saturated rings. The van der Waals surface area contributed by atoms with Crippen molar-refractivity contribution >= 4 is 29.1 Å². The Bertz CT molecular complexity index is 909. The average Bonchev–Trinajstić information content (AvgIpc) is 3.58. The second kappa shape index (κ2) is 9.06. The number of anilines is 1. The van der Waals surface area contributed by atoms with Gasteiger partial charge in [-0.3, -0.25) is 9.59 Å². The second-order valence-electron chi connectivity index (χ2n) is 7.88. The molecule has 2 aromatic rings. The third-order valence-electron chi connectivity index (χ3n) is 5.81. The number of carbonyl (C=O) groups is 2. The SMILES string of the molecule is O=C(CNc1ccc(C(=O)N2CCOCC2)c(Cl)c1)NCC1(c2ccccc2)CC1. The summed E-state index contributed by atoms with van der Waals surface area (Å²) < 4.78 is 5.28. The topological polar surface area (TPSA) is 70.7 Å². The number of hydrogen-bond acceptors (Lipinski definition) is 4. The van der Waals surface area contributed by atoms with Crippen molar-refractivity contribution in [1.29, 1.82) is 0 Å². The molecule has 1 heterocycles. The van der Waals surface area contributed by atoms with Gasteiger partial charge in [0.15, 0.2) is 0 Å². The minimum absolute atomic E-state index is 0.0678. The first-order valence-corrected chi connectivity index (χ1v) is 10.7. The fourth-order valence-corrected chi connectivity index (χ4v) is 4.02. The van der Waals surface area contributed by atoms with E-state index < -0.39 is 0 Å². The number of amides is 2. The molecule has 0 radical (unpaired) electrons. The zero-order valence-electron chi connectivity index (χ0n) is 16.8. The first kappa shape index (κ1) is 20.7. The molecule has 2 N–H and O–H groups in total. The van der Waals surface area contributed by atoms with Gasteiger partial charge in [0, 0.05) is 30.7 Å². The molecule has 2 aromatic carbocycles. The van der Waals surface area contributed by atoms with Gasteiger partial charge in [0.2, 0.25) is 5.91 Å². The Kier molecular flexibility index (Phi) is 6.25. The summed E-state index contributed by atoms with van der Waals surface area (Å²) in [6, 6.07) is 15.5. The summed E-state index contributed by atoms with van der Waals surface area (Å²) in [6.07, 6.45) is 2.19.